The number of esters is 1. The molecule has 2 heterocycles. The summed E-state index contributed by atoms with van der Waals surface area (Å²) < 4.78 is 5.45. The molecule has 1 saturated heterocycles. The molecular formula is C25H38N4O3. The van der Waals surface area contributed by atoms with Gasteiger partial charge in [-0.1, -0.05) is 38.1 Å². The summed E-state index contributed by atoms with van der Waals surface area (Å²) in [5.74, 6) is 0.0408. The predicted octanol–water partition coefficient (Wildman–Crippen LogP) is 3.35. The summed E-state index contributed by atoms with van der Waals surface area (Å²) in [6, 6.07) is 7.83. The Balaban J connectivity index is 1.97. The van der Waals surface area contributed by atoms with E-state index in [-0.39, 0.29) is 18.6 Å². The van der Waals surface area contributed by atoms with Crippen LogP contribution in [0.4, 0.5) is 4.79 Å². The Morgan fingerprint density at radius 1 is 1.19 bits per heavy atom. The lowest BCUT2D eigenvalue weighted by molar-refractivity contribution is -0.139. The third-order valence-electron chi connectivity index (χ3n) is 6.72. The number of carbonyl (C=O) groups excluding carboxylic acids is 2. The number of ether oxygens (including phenoxy) is 1. The van der Waals surface area contributed by atoms with E-state index in [4.69, 9.17) is 4.74 Å². The number of hydrogen-bond donors (Lipinski definition) is 1. The van der Waals surface area contributed by atoms with Gasteiger partial charge in [0, 0.05) is 25.3 Å². The van der Waals surface area contributed by atoms with E-state index in [0.29, 0.717) is 29.8 Å². The van der Waals surface area contributed by atoms with Gasteiger partial charge < -0.3 is 15.0 Å². The van der Waals surface area contributed by atoms with E-state index in [0.717, 1.165) is 31.5 Å². The molecule has 32 heavy (non-hydrogen) atoms. The van der Waals surface area contributed by atoms with Crippen LogP contribution in [0.15, 0.2) is 35.5 Å². The summed E-state index contributed by atoms with van der Waals surface area (Å²) in [5, 5.41) is 3.01. The Labute approximate surface area is 192 Å². The molecule has 0 bridgehead atoms. The first-order valence-corrected chi connectivity index (χ1v) is 11.7. The standard InChI is InChI=1S/C25H38N4O3/c1-7-32-24(30)22-21(16-28(5)20-12-14-27(4)15-13-20)29(6)25(31)26-23(22)19-10-8-18(9-11-19)17(2)3/h8-11,17,20,23H,7,12-16H2,1-6H3,(H,26,31). The van der Waals surface area contributed by atoms with Gasteiger partial charge in [-0.3, -0.25) is 9.80 Å². The lowest BCUT2D eigenvalue weighted by atomic mass is 9.92. The third kappa shape index (κ3) is 5.33. The maximum absolute atomic E-state index is 13.1. The second-order valence-corrected chi connectivity index (χ2v) is 9.29. The molecule has 1 fully saturated rings. The van der Waals surface area contributed by atoms with Crippen molar-refractivity contribution in [3.63, 3.8) is 0 Å². The highest BCUT2D eigenvalue weighted by atomic mass is 16.5. The summed E-state index contributed by atoms with van der Waals surface area (Å²) in [5.41, 5.74) is 3.34. The molecule has 7 nitrogen and oxygen atoms in total. The fraction of sp³-hybridized carbons (Fsp3) is 0.600. The van der Waals surface area contributed by atoms with Crippen LogP contribution in [0.2, 0.25) is 0 Å². The van der Waals surface area contributed by atoms with E-state index in [1.165, 1.54) is 5.56 Å². The minimum absolute atomic E-state index is 0.206. The van der Waals surface area contributed by atoms with Crippen molar-refractivity contribution >= 4 is 12.0 Å². The monoisotopic (exact) mass is 442 g/mol. The summed E-state index contributed by atoms with van der Waals surface area (Å²) in [4.78, 5) is 32.2. The van der Waals surface area contributed by atoms with Crippen LogP contribution >= 0.6 is 0 Å². The molecule has 176 valence electrons. The van der Waals surface area contributed by atoms with Crippen molar-refractivity contribution in [2.75, 3.05) is 47.4 Å². The Morgan fingerprint density at radius 3 is 2.38 bits per heavy atom. The molecule has 2 amide bonds. The van der Waals surface area contributed by atoms with Gasteiger partial charge in [0.25, 0.3) is 0 Å². The van der Waals surface area contributed by atoms with Gasteiger partial charge in [-0.25, -0.2) is 9.59 Å². The molecule has 7 heteroatoms. The molecule has 0 aliphatic carbocycles. The topological polar surface area (TPSA) is 65.1 Å². The quantitative estimate of drug-likeness (QED) is 0.656. The number of nitrogens with one attached hydrogen (secondary N) is 1. The normalized spacial score (nSPS) is 20.8. The summed E-state index contributed by atoms with van der Waals surface area (Å²) >= 11 is 0. The number of piperidine rings is 1. The molecule has 1 atom stereocenters. The highest BCUT2D eigenvalue weighted by Gasteiger charge is 2.37. The summed E-state index contributed by atoms with van der Waals surface area (Å²) in [7, 11) is 5.95. The number of carbonyl (C=O) groups is 2. The van der Waals surface area contributed by atoms with Gasteiger partial charge in [-0.2, -0.15) is 0 Å². The smallest absolute Gasteiger partial charge is 0.338 e. The minimum Gasteiger partial charge on any atom is -0.463 e. The third-order valence-corrected chi connectivity index (χ3v) is 6.72. The molecule has 3 rings (SSSR count). The Kier molecular flexibility index (Phi) is 7.96. The van der Waals surface area contributed by atoms with Gasteiger partial charge in [0.15, 0.2) is 0 Å². The number of likely N-dealkylation sites (tertiary alicyclic amines) is 1. The first-order chi connectivity index (χ1) is 15.2. The van der Waals surface area contributed by atoms with E-state index in [1.807, 2.05) is 12.1 Å². The van der Waals surface area contributed by atoms with Crippen molar-refractivity contribution in [3.05, 3.63) is 46.7 Å². The Hall–Kier alpha value is -2.38. The number of likely N-dealkylation sites (N-methyl/N-ethyl adjacent to an activating group) is 2. The van der Waals surface area contributed by atoms with Crippen LogP contribution in [0.25, 0.3) is 0 Å². The van der Waals surface area contributed by atoms with Gasteiger partial charge in [-0.15, -0.1) is 0 Å². The predicted molar refractivity (Wildman–Crippen MR) is 126 cm³/mol. The first-order valence-electron chi connectivity index (χ1n) is 11.7. The van der Waals surface area contributed by atoms with Crippen molar-refractivity contribution in [2.24, 2.45) is 0 Å². The lowest BCUT2D eigenvalue weighted by Gasteiger charge is -2.39. The van der Waals surface area contributed by atoms with E-state index in [2.05, 4.69) is 55.2 Å². The molecule has 1 aromatic carbocycles. The molecule has 0 radical (unpaired) electrons. The van der Waals surface area contributed by atoms with Gasteiger partial charge >= 0.3 is 12.0 Å². The largest absolute Gasteiger partial charge is 0.463 e. The average Bonchev–Trinajstić information content (AvgIpc) is 2.77. The molecule has 1 unspecified atom stereocenters. The van der Waals surface area contributed by atoms with Crippen molar-refractivity contribution in [1.82, 2.24) is 20.0 Å². The number of hydrogen-bond acceptors (Lipinski definition) is 5. The number of rotatable bonds is 7. The van der Waals surface area contributed by atoms with Crippen LogP contribution in [0.5, 0.6) is 0 Å². The van der Waals surface area contributed by atoms with Crippen LogP contribution < -0.4 is 5.32 Å². The molecule has 0 saturated carbocycles. The van der Waals surface area contributed by atoms with Gasteiger partial charge in [0.05, 0.1) is 18.2 Å². The maximum atomic E-state index is 13.1. The number of amides is 2. The van der Waals surface area contributed by atoms with Crippen molar-refractivity contribution in [1.29, 1.82) is 0 Å². The van der Waals surface area contributed by atoms with E-state index in [9.17, 15) is 9.59 Å². The van der Waals surface area contributed by atoms with E-state index < -0.39 is 6.04 Å². The zero-order valence-electron chi connectivity index (χ0n) is 20.4. The second kappa shape index (κ2) is 10.5. The highest BCUT2D eigenvalue weighted by Crippen LogP contribution is 2.32. The number of nitrogens with zero attached hydrogens (tertiary/aromatic N) is 3. The molecule has 0 spiro atoms. The fourth-order valence-corrected chi connectivity index (χ4v) is 4.52. The van der Waals surface area contributed by atoms with E-state index >= 15 is 0 Å². The van der Waals surface area contributed by atoms with Crippen LogP contribution in [0.3, 0.4) is 0 Å². The molecule has 1 N–H and O–H groups in total. The SMILES string of the molecule is CCOC(=O)C1=C(CN(C)C2CCN(C)CC2)N(C)C(=O)NC1c1ccc(C(C)C)cc1. The first kappa shape index (κ1) is 24.3. The Bertz CT molecular complexity index is 841. The van der Waals surface area contributed by atoms with Crippen molar-refractivity contribution in [2.45, 2.75) is 51.6 Å². The second-order valence-electron chi connectivity index (χ2n) is 9.29. The Morgan fingerprint density at radius 2 is 1.81 bits per heavy atom. The summed E-state index contributed by atoms with van der Waals surface area (Å²) in [6.45, 7) is 9.02. The summed E-state index contributed by atoms with van der Waals surface area (Å²) in [6.07, 6.45) is 2.15. The van der Waals surface area contributed by atoms with Crippen LogP contribution in [-0.2, 0) is 9.53 Å². The number of urea groups is 1. The molecule has 2 aliphatic heterocycles. The van der Waals surface area contributed by atoms with Gasteiger partial charge in [-0.05, 0) is 64.0 Å². The van der Waals surface area contributed by atoms with E-state index in [1.54, 1.807) is 18.9 Å². The van der Waals surface area contributed by atoms with Crippen LogP contribution in [0.1, 0.15) is 56.7 Å². The molecular weight excluding hydrogens is 404 g/mol. The zero-order chi connectivity index (χ0) is 23.4. The molecule has 0 aromatic heterocycles. The molecule has 2 aliphatic rings. The van der Waals surface area contributed by atoms with Crippen LogP contribution in [-0.4, -0.2) is 80.1 Å². The van der Waals surface area contributed by atoms with Crippen molar-refractivity contribution in [3.8, 4) is 0 Å². The lowest BCUT2D eigenvalue weighted by Crippen LogP contribution is -2.50. The average molecular weight is 443 g/mol. The van der Waals surface area contributed by atoms with Crippen molar-refractivity contribution < 1.29 is 14.3 Å². The highest BCUT2D eigenvalue weighted by molar-refractivity contribution is 5.95. The molecule has 1 aromatic rings. The fourth-order valence-electron chi connectivity index (χ4n) is 4.52. The van der Waals surface area contributed by atoms with Gasteiger partial charge in [0.1, 0.15) is 0 Å². The van der Waals surface area contributed by atoms with Gasteiger partial charge in [0.2, 0.25) is 0 Å². The zero-order valence-corrected chi connectivity index (χ0v) is 20.4. The van der Waals surface area contributed by atoms with Crippen LogP contribution in [0, 0.1) is 0 Å². The minimum atomic E-state index is -0.528. The maximum Gasteiger partial charge on any atom is 0.338 e. The number of benzene rings is 1.